The van der Waals surface area contributed by atoms with E-state index in [0.717, 1.165) is 15.1 Å². The maximum Gasteiger partial charge on any atom is 0.279 e. The molecule has 0 radical (unpaired) electrons. The van der Waals surface area contributed by atoms with Crippen molar-refractivity contribution in [3.63, 3.8) is 0 Å². The summed E-state index contributed by atoms with van der Waals surface area (Å²) in [4.78, 5) is 13.7. The van der Waals surface area contributed by atoms with E-state index in [1.165, 1.54) is 11.1 Å². The van der Waals surface area contributed by atoms with Gasteiger partial charge in [-0.1, -0.05) is 72.8 Å². The van der Waals surface area contributed by atoms with Crippen LogP contribution in [0.1, 0.15) is 17.2 Å². The number of nitrogens with one attached hydrogen (secondary N) is 2. The van der Waals surface area contributed by atoms with Crippen molar-refractivity contribution in [2.24, 2.45) is 0 Å². The second-order valence-corrected chi connectivity index (χ2v) is 7.16. The number of likely N-dealkylation sites (N-methyl/N-ethyl adjacent to an activating group) is 1. The van der Waals surface area contributed by atoms with Crippen LogP contribution in [0.2, 0.25) is 0 Å². The standard InChI is InChI=1S/C22H21BrN2O/c1-25(16-21(26)24-20-15-9-8-14-19(20)23)22(17-10-4-2-5-11-17)18-12-6-3-7-13-18/h2-15,22H,16H2,1H3,(H,24,26)/p+1. The molecule has 132 valence electrons. The van der Waals surface area contributed by atoms with Crippen LogP contribution in [0.25, 0.3) is 0 Å². The molecule has 1 unspecified atom stereocenters. The van der Waals surface area contributed by atoms with Crippen molar-refractivity contribution in [2.75, 3.05) is 18.9 Å². The van der Waals surface area contributed by atoms with E-state index in [0.29, 0.717) is 6.54 Å². The third kappa shape index (κ3) is 4.59. The summed E-state index contributed by atoms with van der Waals surface area (Å²) >= 11 is 3.47. The summed E-state index contributed by atoms with van der Waals surface area (Å²) in [7, 11) is 2.06. The molecule has 3 rings (SSSR count). The molecule has 0 spiro atoms. The highest BCUT2D eigenvalue weighted by atomic mass is 79.9. The van der Waals surface area contributed by atoms with E-state index in [-0.39, 0.29) is 11.9 Å². The third-order valence-electron chi connectivity index (χ3n) is 4.35. The van der Waals surface area contributed by atoms with E-state index in [1.54, 1.807) is 0 Å². The minimum Gasteiger partial charge on any atom is -0.320 e. The number of benzene rings is 3. The van der Waals surface area contributed by atoms with Crippen LogP contribution in [0.3, 0.4) is 0 Å². The van der Waals surface area contributed by atoms with Gasteiger partial charge in [-0.25, -0.2) is 0 Å². The van der Waals surface area contributed by atoms with E-state index in [9.17, 15) is 4.79 Å². The third-order valence-corrected chi connectivity index (χ3v) is 5.04. The fourth-order valence-electron chi connectivity index (χ4n) is 3.16. The van der Waals surface area contributed by atoms with Crippen LogP contribution in [-0.4, -0.2) is 19.5 Å². The van der Waals surface area contributed by atoms with Crippen LogP contribution in [-0.2, 0) is 4.79 Å². The Morgan fingerprint density at radius 3 is 1.92 bits per heavy atom. The predicted octanol–water partition coefficient (Wildman–Crippen LogP) is 3.69. The molecule has 1 atom stereocenters. The van der Waals surface area contributed by atoms with Gasteiger partial charge in [-0.3, -0.25) is 4.79 Å². The topological polar surface area (TPSA) is 33.5 Å². The van der Waals surface area contributed by atoms with Crippen molar-refractivity contribution in [3.05, 3.63) is 101 Å². The summed E-state index contributed by atoms with van der Waals surface area (Å²) in [5.41, 5.74) is 3.19. The number of quaternary nitrogens is 1. The highest BCUT2D eigenvalue weighted by Gasteiger charge is 2.25. The van der Waals surface area contributed by atoms with Gasteiger partial charge in [-0.15, -0.1) is 0 Å². The number of carbonyl (C=O) groups excluding carboxylic acids is 1. The van der Waals surface area contributed by atoms with Crippen molar-refractivity contribution in [1.82, 2.24) is 0 Å². The molecule has 0 fully saturated rings. The summed E-state index contributed by atoms with van der Waals surface area (Å²) in [5.74, 6) is -0.00809. The van der Waals surface area contributed by atoms with Crippen LogP contribution in [0.4, 0.5) is 5.69 Å². The average molecular weight is 410 g/mol. The number of rotatable bonds is 6. The second-order valence-electron chi connectivity index (χ2n) is 6.31. The van der Waals surface area contributed by atoms with Crippen molar-refractivity contribution in [2.45, 2.75) is 6.04 Å². The smallest absolute Gasteiger partial charge is 0.279 e. The Balaban J connectivity index is 1.79. The fraction of sp³-hybridized carbons (Fsp3) is 0.136. The van der Waals surface area contributed by atoms with Gasteiger partial charge in [-0.05, 0) is 28.1 Å². The van der Waals surface area contributed by atoms with Gasteiger partial charge in [0.25, 0.3) is 5.91 Å². The molecule has 0 aliphatic rings. The minimum atomic E-state index is -0.00809. The van der Waals surface area contributed by atoms with Gasteiger partial charge in [0.15, 0.2) is 6.54 Å². The van der Waals surface area contributed by atoms with E-state index < -0.39 is 0 Å². The number of para-hydroxylation sites is 1. The van der Waals surface area contributed by atoms with Crippen LogP contribution in [0.15, 0.2) is 89.4 Å². The second kappa shape index (κ2) is 8.79. The molecule has 0 aliphatic heterocycles. The summed E-state index contributed by atoms with van der Waals surface area (Å²) < 4.78 is 0.883. The molecule has 0 bridgehead atoms. The summed E-state index contributed by atoms with van der Waals surface area (Å²) in [5, 5.41) is 2.99. The first-order valence-corrected chi connectivity index (χ1v) is 9.41. The van der Waals surface area contributed by atoms with Gasteiger partial charge in [0.2, 0.25) is 0 Å². The predicted molar refractivity (Wildman–Crippen MR) is 109 cm³/mol. The monoisotopic (exact) mass is 409 g/mol. The Kier molecular flexibility index (Phi) is 6.21. The molecule has 2 N–H and O–H groups in total. The molecule has 3 aromatic rings. The minimum absolute atomic E-state index is 0.00809. The highest BCUT2D eigenvalue weighted by molar-refractivity contribution is 9.10. The fourth-order valence-corrected chi connectivity index (χ4v) is 3.55. The van der Waals surface area contributed by atoms with E-state index >= 15 is 0 Å². The van der Waals surface area contributed by atoms with Crippen molar-refractivity contribution in [1.29, 1.82) is 0 Å². The summed E-state index contributed by atoms with van der Waals surface area (Å²) in [6.07, 6.45) is 0. The van der Waals surface area contributed by atoms with E-state index in [1.807, 2.05) is 60.7 Å². The lowest BCUT2D eigenvalue weighted by Crippen LogP contribution is -3.10. The lowest BCUT2D eigenvalue weighted by atomic mass is 9.97. The van der Waals surface area contributed by atoms with Gasteiger partial charge in [0.1, 0.15) is 6.04 Å². The van der Waals surface area contributed by atoms with Gasteiger partial charge < -0.3 is 10.2 Å². The average Bonchev–Trinajstić information content (AvgIpc) is 2.65. The van der Waals surface area contributed by atoms with Gasteiger partial charge in [0, 0.05) is 15.6 Å². The SMILES string of the molecule is C[NH+](CC(=O)Nc1ccccc1Br)C(c1ccccc1)c1ccccc1. The molecule has 4 heteroatoms. The lowest BCUT2D eigenvalue weighted by Gasteiger charge is -2.25. The van der Waals surface area contributed by atoms with Crippen LogP contribution in [0, 0.1) is 0 Å². The van der Waals surface area contributed by atoms with Crippen molar-refractivity contribution in [3.8, 4) is 0 Å². The van der Waals surface area contributed by atoms with Crippen molar-refractivity contribution < 1.29 is 9.69 Å². The summed E-state index contributed by atoms with van der Waals surface area (Å²) in [6.45, 7) is 0.371. The Morgan fingerprint density at radius 2 is 1.38 bits per heavy atom. The largest absolute Gasteiger partial charge is 0.320 e. The normalized spacial score (nSPS) is 12.0. The zero-order chi connectivity index (χ0) is 18.4. The molecule has 1 amide bonds. The van der Waals surface area contributed by atoms with Crippen LogP contribution in [0.5, 0.6) is 0 Å². The molecule has 3 aromatic carbocycles. The van der Waals surface area contributed by atoms with Gasteiger partial charge >= 0.3 is 0 Å². The number of hydrogen-bond acceptors (Lipinski definition) is 1. The van der Waals surface area contributed by atoms with Crippen LogP contribution >= 0.6 is 15.9 Å². The maximum atomic E-state index is 12.6. The highest BCUT2D eigenvalue weighted by Crippen LogP contribution is 2.21. The van der Waals surface area contributed by atoms with Crippen molar-refractivity contribution >= 4 is 27.5 Å². The zero-order valence-corrected chi connectivity index (χ0v) is 16.2. The first kappa shape index (κ1) is 18.4. The molecule has 0 saturated heterocycles. The number of amides is 1. The zero-order valence-electron chi connectivity index (χ0n) is 14.7. The molecule has 3 nitrogen and oxygen atoms in total. The van der Waals surface area contributed by atoms with Crippen LogP contribution < -0.4 is 10.2 Å². The number of halogens is 1. The number of hydrogen-bond donors (Lipinski definition) is 2. The van der Waals surface area contributed by atoms with Gasteiger partial charge in [0.05, 0.1) is 12.7 Å². The Morgan fingerprint density at radius 1 is 0.885 bits per heavy atom. The number of anilines is 1. The molecule has 0 saturated carbocycles. The Hall–Kier alpha value is -2.43. The first-order valence-electron chi connectivity index (χ1n) is 8.61. The maximum absolute atomic E-state index is 12.6. The molecule has 0 heterocycles. The molecular formula is C22H22BrN2O+. The quantitative estimate of drug-likeness (QED) is 0.639. The Labute approximate surface area is 162 Å². The first-order chi connectivity index (χ1) is 12.6. The Bertz CT molecular complexity index is 813. The molecule has 0 aromatic heterocycles. The molecule has 0 aliphatic carbocycles. The lowest BCUT2D eigenvalue weighted by molar-refractivity contribution is -0.897. The van der Waals surface area contributed by atoms with E-state index in [2.05, 4.69) is 52.6 Å². The molecular weight excluding hydrogens is 388 g/mol. The number of carbonyl (C=O) groups is 1. The summed E-state index contributed by atoms with van der Waals surface area (Å²) in [6, 6.07) is 28.4. The van der Waals surface area contributed by atoms with Gasteiger partial charge in [-0.2, -0.15) is 0 Å². The molecule has 26 heavy (non-hydrogen) atoms. The van der Waals surface area contributed by atoms with E-state index in [4.69, 9.17) is 0 Å².